The zero-order valence-corrected chi connectivity index (χ0v) is 14.4. The number of aromatic nitrogens is 2. The van der Waals surface area contributed by atoms with E-state index in [9.17, 15) is 9.59 Å². The molecule has 1 aliphatic heterocycles. The molecule has 0 radical (unpaired) electrons. The summed E-state index contributed by atoms with van der Waals surface area (Å²) in [7, 11) is 0. The van der Waals surface area contributed by atoms with E-state index in [0.29, 0.717) is 24.2 Å². The molecule has 1 aliphatic rings. The predicted octanol–water partition coefficient (Wildman–Crippen LogP) is 2.73. The summed E-state index contributed by atoms with van der Waals surface area (Å²) in [4.78, 5) is 33.7. The molecule has 1 aromatic heterocycles. The minimum Gasteiger partial charge on any atom is -0.341 e. The number of hydrogen-bond donors (Lipinski definition) is 2. The fourth-order valence-electron chi connectivity index (χ4n) is 3.26. The van der Waals surface area contributed by atoms with Crippen LogP contribution in [0, 0.1) is 0 Å². The van der Waals surface area contributed by atoms with Crippen molar-refractivity contribution >= 4 is 22.8 Å². The molecule has 0 unspecified atom stereocenters. The van der Waals surface area contributed by atoms with E-state index in [1.165, 1.54) is 4.90 Å². The average molecular weight is 348 g/mol. The van der Waals surface area contributed by atoms with Crippen LogP contribution in [-0.2, 0) is 6.54 Å². The summed E-state index contributed by atoms with van der Waals surface area (Å²) in [5, 5.41) is 3.35. The first-order valence-electron chi connectivity index (χ1n) is 8.83. The summed E-state index contributed by atoms with van der Waals surface area (Å²) in [6, 6.07) is 14.9. The smallest absolute Gasteiger partial charge is 0.261 e. The number of nitrogens with zero attached hydrogens (tertiary/aromatic N) is 2. The van der Waals surface area contributed by atoms with Gasteiger partial charge in [0.05, 0.1) is 28.7 Å². The van der Waals surface area contributed by atoms with Crippen molar-refractivity contribution in [1.29, 1.82) is 0 Å². The van der Waals surface area contributed by atoms with E-state index in [1.807, 2.05) is 24.3 Å². The molecule has 0 bridgehead atoms. The zero-order valence-electron chi connectivity index (χ0n) is 14.4. The van der Waals surface area contributed by atoms with Gasteiger partial charge in [0.2, 0.25) is 0 Å². The van der Waals surface area contributed by atoms with Crippen LogP contribution in [0.5, 0.6) is 0 Å². The Balaban J connectivity index is 1.21. The molecule has 0 spiro atoms. The largest absolute Gasteiger partial charge is 0.341 e. The van der Waals surface area contributed by atoms with Crippen LogP contribution in [0.15, 0.2) is 48.5 Å². The van der Waals surface area contributed by atoms with Crippen molar-refractivity contribution in [3.63, 3.8) is 0 Å². The lowest BCUT2D eigenvalue weighted by atomic mass is 10.1. The van der Waals surface area contributed by atoms with Gasteiger partial charge in [0, 0.05) is 6.54 Å². The SMILES string of the molecule is O=C1c2ccccc2C(=O)N1CCCCNCc1nc2ccccc2[nH]1. The van der Waals surface area contributed by atoms with Gasteiger partial charge >= 0.3 is 0 Å². The minimum atomic E-state index is -0.180. The van der Waals surface area contributed by atoms with E-state index in [-0.39, 0.29) is 11.8 Å². The van der Waals surface area contributed by atoms with E-state index < -0.39 is 0 Å². The van der Waals surface area contributed by atoms with Crippen molar-refractivity contribution in [1.82, 2.24) is 20.2 Å². The van der Waals surface area contributed by atoms with Crippen LogP contribution in [0.4, 0.5) is 0 Å². The van der Waals surface area contributed by atoms with Crippen LogP contribution in [0.3, 0.4) is 0 Å². The third kappa shape index (κ3) is 3.11. The average Bonchev–Trinajstić information content (AvgIpc) is 3.18. The van der Waals surface area contributed by atoms with Gasteiger partial charge in [-0.2, -0.15) is 0 Å². The van der Waals surface area contributed by atoms with Crippen molar-refractivity contribution in [3.05, 3.63) is 65.5 Å². The van der Waals surface area contributed by atoms with E-state index in [2.05, 4.69) is 15.3 Å². The molecule has 132 valence electrons. The quantitative estimate of drug-likeness (QED) is 0.508. The van der Waals surface area contributed by atoms with Crippen molar-refractivity contribution in [3.8, 4) is 0 Å². The summed E-state index contributed by atoms with van der Waals surface area (Å²) >= 11 is 0. The highest BCUT2D eigenvalue weighted by molar-refractivity contribution is 6.21. The van der Waals surface area contributed by atoms with Crippen LogP contribution in [0.25, 0.3) is 11.0 Å². The zero-order chi connectivity index (χ0) is 17.9. The molecule has 0 fully saturated rings. The Hall–Kier alpha value is -2.99. The summed E-state index contributed by atoms with van der Waals surface area (Å²) in [5.74, 6) is 0.549. The second-order valence-corrected chi connectivity index (χ2v) is 6.39. The van der Waals surface area contributed by atoms with E-state index in [1.54, 1.807) is 24.3 Å². The van der Waals surface area contributed by atoms with Crippen LogP contribution in [0.1, 0.15) is 39.4 Å². The molecule has 0 aliphatic carbocycles. The number of para-hydroxylation sites is 2. The predicted molar refractivity (Wildman–Crippen MR) is 98.8 cm³/mol. The second-order valence-electron chi connectivity index (χ2n) is 6.39. The molecule has 2 N–H and O–H groups in total. The number of amides is 2. The molecule has 2 amide bonds. The normalized spacial score (nSPS) is 13.6. The molecule has 3 aromatic rings. The summed E-state index contributed by atoms with van der Waals surface area (Å²) in [6.45, 7) is 1.93. The van der Waals surface area contributed by atoms with E-state index in [4.69, 9.17) is 0 Å². The number of benzene rings is 2. The highest BCUT2D eigenvalue weighted by atomic mass is 16.2. The number of imidazole rings is 1. The van der Waals surface area contributed by atoms with E-state index in [0.717, 1.165) is 36.2 Å². The van der Waals surface area contributed by atoms with Gasteiger partial charge in [-0.1, -0.05) is 24.3 Å². The van der Waals surface area contributed by atoms with Gasteiger partial charge in [-0.15, -0.1) is 0 Å². The number of imide groups is 1. The Kier molecular flexibility index (Phi) is 4.50. The van der Waals surface area contributed by atoms with Gasteiger partial charge in [0.25, 0.3) is 11.8 Å². The van der Waals surface area contributed by atoms with Crippen molar-refractivity contribution in [2.45, 2.75) is 19.4 Å². The molecule has 0 atom stereocenters. The van der Waals surface area contributed by atoms with Crippen molar-refractivity contribution in [2.75, 3.05) is 13.1 Å². The first-order valence-corrected chi connectivity index (χ1v) is 8.83. The Bertz CT molecular complexity index is 895. The molecule has 6 nitrogen and oxygen atoms in total. The third-order valence-corrected chi connectivity index (χ3v) is 4.59. The Morgan fingerprint density at radius 3 is 2.35 bits per heavy atom. The Morgan fingerprint density at radius 1 is 0.923 bits per heavy atom. The molecule has 0 saturated carbocycles. The number of nitrogens with one attached hydrogen (secondary N) is 2. The first-order chi connectivity index (χ1) is 12.7. The Morgan fingerprint density at radius 2 is 1.62 bits per heavy atom. The monoisotopic (exact) mass is 348 g/mol. The number of carbonyl (C=O) groups is 2. The maximum Gasteiger partial charge on any atom is 0.261 e. The number of aromatic amines is 1. The van der Waals surface area contributed by atoms with E-state index >= 15 is 0 Å². The van der Waals surface area contributed by atoms with Gasteiger partial charge < -0.3 is 10.3 Å². The maximum atomic E-state index is 12.3. The molecule has 2 heterocycles. The fraction of sp³-hybridized carbons (Fsp3) is 0.250. The Labute approximate surface area is 151 Å². The van der Waals surface area contributed by atoms with Crippen molar-refractivity contribution in [2.24, 2.45) is 0 Å². The lowest BCUT2D eigenvalue weighted by molar-refractivity contribution is 0.0651. The number of unbranched alkanes of at least 4 members (excludes halogenated alkanes) is 1. The van der Waals surface area contributed by atoms with Crippen LogP contribution in [-0.4, -0.2) is 39.8 Å². The molecular weight excluding hydrogens is 328 g/mol. The van der Waals surface area contributed by atoms with Crippen molar-refractivity contribution < 1.29 is 9.59 Å². The summed E-state index contributed by atoms with van der Waals surface area (Å²) in [6.07, 6.45) is 1.66. The lowest BCUT2D eigenvalue weighted by Crippen LogP contribution is -2.31. The number of rotatable bonds is 7. The second kappa shape index (κ2) is 7.09. The van der Waals surface area contributed by atoms with Gasteiger partial charge in [0.15, 0.2) is 0 Å². The van der Waals surface area contributed by atoms with Crippen LogP contribution in [0.2, 0.25) is 0 Å². The minimum absolute atomic E-state index is 0.180. The van der Waals surface area contributed by atoms with Gasteiger partial charge in [0.1, 0.15) is 5.82 Å². The highest BCUT2D eigenvalue weighted by Crippen LogP contribution is 2.22. The molecular formula is C20H20N4O2. The number of carbonyl (C=O) groups excluding carboxylic acids is 2. The fourth-order valence-corrected chi connectivity index (χ4v) is 3.26. The topological polar surface area (TPSA) is 78.1 Å². The van der Waals surface area contributed by atoms with Crippen LogP contribution >= 0.6 is 0 Å². The molecule has 0 saturated heterocycles. The molecule has 4 rings (SSSR count). The molecule has 2 aromatic carbocycles. The van der Waals surface area contributed by atoms with Crippen LogP contribution < -0.4 is 5.32 Å². The summed E-state index contributed by atoms with van der Waals surface area (Å²) in [5.41, 5.74) is 3.03. The molecule has 6 heteroatoms. The van der Waals surface area contributed by atoms with Gasteiger partial charge in [-0.3, -0.25) is 14.5 Å². The van der Waals surface area contributed by atoms with Gasteiger partial charge in [-0.25, -0.2) is 4.98 Å². The summed E-state index contributed by atoms with van der Waals surface area (Å²) < 4.78 is 0. The van der Waals surface area contributed by atoms with Gasteiger partial charge in [-0.05, 0) is 43.7 Å². The first kappa shape index (κ1) is 16.5. The number of fused-ring (bicyclic) bond motifs is 2. The standard InChI is InChI=1S/C20H20N4O2/c25-19-14-7-1-2-8-15(14)20(26)24(19)12-6-5-11-21-13-18-22-16-9-3-4-10-17(16)23-18/h1-4,7-10,21H,5-6,11-13H2,(H,22,23). The maximum absolute atomic E-state index is 12.3. The number of hydrogen-bond acceptors (Lipinski definition) is 4. The molecule has 26 heavy (non-hydrogen) atoms. The number of H-pyrrole nitrogens is 1. The highest BCUT2D eigenvalue weighted by Gasteiger charge is 2.34. The third-order valence-electron chi connectivity index (χ3n) is 4.59. The lowest BCUT2D eigenvalue weighted by Gasteiger charge is -2.13.